The second-order valence-electron chi connectivity index (χ2n) is 6.42. The number of piperazine rings is 3. The van der Waals surface area contributed by atoms with Crippen LogP contribution in [0.2, 0.25) is 0 Å². The molecule has 2 bridgehead atoms. The molecule has 4 rings (SSSR count). The summed E-state index contributed by atoms with van der Waals surface area (Å²) in [7, 11) is 0. The van der Waals surface area contributed by atoms with Crippen LogP contribution in [0.1, 0.15) is 28.9 Å². The van der Waals surface area contributed by atoms with Crippen LogP contribution in [0.25, 0.3) is 0 Å². The molecule has 3 aliphatic rings. The van der Waals surface area contributed by atoms with Crippen molar-refractivity contribution in [3.8, 4) is 0 Å². The number of hydrogen-bond acceptors (Lipinski definition) is 5. The van der Waals surface area contributed by atoms with Gasteiger partial charge in [-0.15, -0.1) is 11.3 Å². The fraction of sp³-hybridized carbons (Fsp3) is 0.812. The van der Waals surface area contributed by atoms with Gasteiger partial charge in [-0.25, -0.2) is 4.98 Å². The number of fused-ring (bicyclic) bond motifs is 3. The van der Waals surface area contributed by atoms with Gasteiger partial charge in [0.2, 0.25) is 0 Å². The molecule has 4 heterocycles. The topological polar surface area (TPSA) is 31.4 Å². The summed E-state index contributed by atoms with van der Waals surface area (Å²) >= 11 is 1.88. The third-order valence-corrected chi connectivity index (χ3v) is 6.00. The fourth-order valence-electron chi connectivity index (χ4n) is 3.53. The molecule has 0 aliphatic carbocycles. The predicted molar refractivity (Wildman–Crippen MR) is 89.2 cm³/mol. The molecule has 0 spiro atoms. The minimum atomic E-state index is 0.540. The minimum absolute atomic E-state index is 0.540. The summed E-state index contributed by atoms with van der Waals surface area (Å²) in [5, 5.41) is 5.10. The van der Waals surface area contributed by atoms with E-state index in [1.165, 1.54) is 54.7 Å². The third kappa shape index (κ3) is 3.47. The van der Waals surface area contributed by atoms with E-state index in [9.17, 15) is 0 Å². The van der Waals surface area contributed by atoms with E-state index in [1.54, 1.807) is 0 Å². The van der Waals surface area contributed by atoms with Crippen LogP contribution in [-0.2, 0) is 6.42 Å². The maximum absolute atomic E-state index is 4.76. The molecule has 0 radical (unpaired) electrons. The average molecular weight is 308 g/mol. The normalized spacial score (nSPS) is 29.8. The molecule has 5 heteroatoms. The Balaban J connectivity index is 1.71. The quantitative estimate of drug-likeness (QED) is 0.866. The molecule has 1 N–H and O–H groups in total. The minimum Gasteiger partial charge on any atom is -0.312 e. The Labute approximate surface area is 132 Å². The number of aromatic nitrogens is 1. The first-order chi connectivity index (χ1) is 10.2. The van der Waals surface area contributed by atoms with Crippen LogP contribution in [0, 0.1) is 13.8 Å². The standard InChI is InChI=1S/C16H28N4S/c1-4-5-17-14(10-16-18-12(2)13(3)21-16)15-11-19-6-8-20(15)9-7-19/h14-15,17H,4-11H2,1-3H3. The highest BCUT2D eigenvalue weighted by atomic mass is 32.1. The molecule has 3 fully saturated rings. The summed E-state index contributed by atoms with van der Waals surface area (Å²) in [6.07, 6.45) is 2.28. The molecule has 0 saturated carbocycles. The van der Waals surface area contributed by atoms with Gasteiger partial charge in [-0.1, -0.05) is 6.92 Å². The highest BCUT2D eigenvalue weighted by molar-refractivity contribution is 7.11. The van der Waals surface area contributed by atoms with E-state index in [0.717, 1.165) is 13.0 Å². The lowest BCUT2D eigenvalue weighted by Gasteiger charge is -2.50. The van der Waals surface area contributed by atoms with Crippen molar-refractivity contribution in [2.45, 2.75) is 45.7 Å². The van der Waals surface area contributed by atoms with E-state index in [1.807, 2.05) is 11.3 Å². The Hall–Kier alpha value is -0.490. The number of nitrogens with zero attached hydrogens (tertiary/aromatic N) is 3. The van der Waals surface area contributed by atoms with Crippen molar-refractivity contribution in [1.29, 1.82) is 0 Å². The molecule has 3 saturated heterocycles. The van der Waals surface area contributed by atoms with E-state index in [0.29, 0.717) is 12.1 Å². The Morgan fingerprint density at radius 1 is 1.29 bits per heavy atom. The van der Waals surface area contributed by atoms with Crippen LogP contribution in [0.3, 0.4) is 0 Å². The van der Waals surface area contributed by atoms with Crippen molar-refractivity contribution in [1.82, 2.24) is 20.1 Å². The Kier molecular flexibility index (Phi) is 4.94. The highest BCUT2D eigenvalue weighted by Gasteiger charge is 2.36. The zero-order valence-electron chi connectivity index (χ0n) is 13.6. The third-order valence-electron chi connectivity index (χ3n) is 4.91. The Morgan fingerprint density at radius 2 is 2.05 bits per heavy atom. The van der Waals surface area contributed by atoms with Crippen molar-refractivity contribution in [2.75, 3.05) is 39.3 Å². The maximum atomic E-state index is 4.76. The molecule has 2 atom stereocenters. The van der Waals surface area contributed by atoms with Gasteiger partial charge >= 0.3 is 0 Å². The van der Waals surface area contributed by atoms with Crippen LogP contribution < -0.4 is 5.32 Å². The second kappa shape index (κ2) is 6.73. The van der Waals surface area contributed by atoms with Crippen molar-refractivity contribution in [3.63, 3.8) is 0 Å². The first kappa shape index (κ1) is 15.4. The predicted octanol–water partition coefficient (Wildman–Crippen LogP) is 1.67. The van der Waals surface area contributed by atoms with E-state index in [2.05, 4.69) is 35.9 Å². The zero-order chi connectivity index (χ0) is 14.8. The molecule has 2 unspecified atom stereocenters. The summed E-state index contributed by atoms with van der Waals surface area (Å²) in [6, 6.07) is 1.20. The lowest BCUT2D eigenvalue weighted by molar-refractivity contribution is -0.00310. The van der Waals surface area contributed by atoms with E-state index < -0.39 is 0 Å². The number of rotatable bonds is 6. The molecular formula is C16H28N4S. The van der Waals surface area contributed by atoms with Gasteiger partial charge in [0.1, 0.15) is 0 Å². The van der Waals surface area contributed by atoms with Crippen molar-refractivity contribution < 1.29 is 0 Å². The number of aryl methyl sites for hydroxylation is 2. The van der Waals surface area contributed by atoms with Gasteiger partial charge in [-0.3, -0.25) is 9.80 Å². The molecule has 21 heavy (non-hydrogen) atoms. The smallest absolute Gasteiger partial charge is 0.0947 e. The lowest BCUT2D eigenvalue weighted by Crippen LogP contribution is -2.66. The van der Waals surface area contributed by atoms with Crippen molar-refractivity contribution >= 4 is 11.3 Å². The number of hydrogen-bond donors (Lipinski definition) is 1. The van der Waals surface area contributed by atoms with Gasteiger partial charge < -0.3 is 5.32 Å². The Bertz CT molecular complexity index is 445. The lowest BCUT2D eigenvalue weighted by atomic mass is 9.97. The van der Waals surface area contributed by atoms with Gasteiger partial charge in [-0.05, 0) is 26.8 Å². The first-order valence-electron chi connectivity index (χ1n) is 8.30. The van der Waals surface area contributed by atoms with E-state index >= 15 is 0 Å². The second-order valence-corrected chi connectivity index (χ2v) is 7.71. The zero-order valence-corrected chi connectivity index (χ0v) is 14.4. The van der Waals surface area contributed by atoms with Crippen LogP contribution in [-0.4, -0.2) is 66.1 Å². The molecule has 118 valence electrons. The number of nitrogens with one attached hydrogen (secondary N) is 1. The molecular weight excluding hydrogens is 280 g/mol. The molecule has 3 aliphatic heterocycles. The monoisotopic (exact) mass is 308 g/mol. The van der Waals surface area contributed by atoms with Crippen molar-refractivity contribution in [3.05, 3.63) is 15.6 Å². The molecule has 0 aromatic carbocycles. The van der Waals surface area contributed by atoms with Crippen LogP contribution >= 0.6 is 11.3 Å². The van der Waals surface area contributed by atoms with Gasteiger partial charge in [0.15, 0.2) is 0 Å². The summed E-state index contributed by atoms with van der Waals surface area (Å²) in [5.74, 6) is 0. The van der Waals surface area contributed by atoms with E-state index in [-0.39, 0.29) is 0 Å². The summed E-state index contributed by atoms with van der Waals surface area (Å²) in [6.45, 7) is 13.9. The number of thiazole rings is 1. The SMILES string of the molecule is CCCNC(Cc1nc(C)c(C)s1)C1CN2CCN1CC2. The van der Waals surface area contributed by atoms with Gasteiger partial charge in [-0.2, -0.15) is 0 Å². The maximum Gasteiger partial charge on any atom is 0.0947 e. The molecule has 0 amide bonds. The Morgan fingerprint density at radius 3 is 2.57 bits per heavy atom. The van der Waals surface area contributed by atoms with Crippen LogP contribution in [0.15, 0.2) is 0 Å². The summed E-state index contributed by atoms with van der Waals surface area (Å²) in [5.41, 5.74) is 1.21. The fourth-order valence-corrected chi connectivity index (χ4v) is 4.52. The largest absolute Gasteiger partial charge is 0.312 e. The van der Waals surface area contributed by atoms with Gasteiger partial charge in [0.05, 0.1) is 10.7 Å². The van der Waals surface area contributed by atoms with Crippen LogP contribution in [0.4, 0.5) is 0 Å². The molecule has 1 aromatic rings. The molecule has 4 nitrogen and oxygen atoms in total. The summed E-state index contributed by atoms with van der Waals surface area (Å²) < 4.78 is 0. The van der Waals surface area contributed by atoms with Gasteiger partial charge in [0, 0.05) is 56.1 Å². The van der Waals surface area contributed by atoms with Crippen LogP contribution in [0.5, 0.6) is 0 Å². The highest BCUT2D eigenvalue weighted by Crippen LogP contribution is 2.23. The first-order valence-corrected chi connectivity index (χ1v) is 9.11. The summed E-state index contributed by atoms with van der Waals surface area (Å²) in [4.78, 5) is 11.5. The van der Waals surface area contributed by atoms with Gasteiger partial charge in [0.25, 0.3) is 0 Å². The van der Waals surface area contributed by atoms with Crippen molar-refractivity contribution in [2.24, 2.45) is 0 Å². The molecule has 1 aromatic heterocycles. The average Bonchev–Trinajstić information content (AvgIpc) is 2.83. The van der Waals surface area contributed by atoms with E-state index in [4.69, 9.17) is 4.98 Å².